The van der Waals surface area contributed by atoms with E-state index in [4.69, 9.17) is 0 Å². The molecule has 1 aliphatic rings. The molecule has 1 unspecified atom stereocenters. The van der Waals surface area contributed by atoms with E-state index in [-0.39, 0.29) is 5.92 Å². The van der Waals surface area contributed by atoms with Gasteiger partial charge in [0, 0.05) is 5.92 Å². The second-order valence-electron chi connectivity index (χ2n) is 3.58. The topological polar surface area (TPSA) is 17.1 Å². The van der Waals surface area contributed by atoms with Gasteiger partial charge in [-0.1, -0.05) is 19.1 Å². The van der Waals surface area contributed by atoms with Gasteiger partial charge in [-0.15, -0.1) is 0 Å². The molecule has 1 saturated carbocycles. The molecule has 0 spiro atoms. The van der Waals surface area contributed by atoms with Crippen LogP contribution < -0.4 is 0 Å². The molecule has 0 bridgehead atoms. The van der Waals surface area contributed by atoms with Crippen molar-refractivity contribution in [2.45, 2.75) is 32.6 Å². The molecule has 0 aliphatic heterocycles. The van der Waals surface area contributed by atoms with Crippen molar-refractivity contribution in [3.05, 3.63) is 12.2 Å². The fraction of sp³-hybridized carbons (Fsp3) is 0.700. The maximum Gasteiger partial charge on any atom is 0.123 e. The van der Waals surface area contributed by atoms with Crippen molar-refractivity contribution in [3.63, 3.8) is 0 Å². The Balaban J connectivity index is 2.38. The lowest BCUT2D eigenvalue weighted by molar-refractivity contribution is -0.112. The SMILES string of the molecule is C=C1CCC(C(C)C=O)CC1. The van der Waals surface area contributed by atoms with Crippen LogP contribution in [0.3, 0.4) is 0 Å². The molecule has 1 aliphatic carbocycles. The third-order valence-corrected chi connectivity index (χ3v) is 2.70. The average Bonchev–Trinajstić information content (AvgIpc) is 2.05. The molecule has 0 heterocycles. The van der Waals surface area contributed by atoms with Gasteiger partial charge in [-0.25, -0.2) is 0 Å². The molecule has 0 amide bonds. The van der Waals surface area contributed by atoms with Crippen LogP contribution in [0.5, 0.6) is 0 Å². The summed E-state index contributed by atoms with van der Waals surface area (Å²) >= 11 is 0. The first-order valence-corrected chi connectivity index (χ1v) is 4.36. The van der Waals surface area contributed by atoms with E-state index in [1.165, 1.54) is 18.4 Å². The number of rotatable bonds is 2. The molecule has 0 saturated heterocycles. The highest BCUT2D eigenvalue weighted by Gasteiger charge is 2.20. The zero-order chi connectivity index (χ0) is 8.27. The molecule has 0 aromatic carbocycles. The summed E-state index contributed by atoms with van der Waals surface area (Å²) in [5.41, 5.74) is 1.36. The third-order valence-electron chi connectivity index (χ3n) is 2.70. The Bertz CT molecular complexity index is 150. The quantitative estimate of drug-likeness (QED) is 0.439. The lowest BCUT2D eigenvalue weighted by atomic mass is 9.80. The van der Waals surface area contributed by atoms with Crippen LogP contribution in [-0.4, -0.2) is 6.29 Å². The van der Waals surface area contributed by atoms with Gasteiger partial charge in [0.25, 0.3) is 0 Å². The molecule has 0 N–H and O–H groups in total. The maximum absolute atomic E-state index is 10.5. The summed E-state index contributed by atoms with van der Waals surface area (Å²) in [4.78, 5) is 10.5. The van der Waals surface area contributed by atoms with Gasteiger partial charge in [-0.3, -0.25) is 0 Å². The highest BCUT2D eigenvalue weighted by molar-refractivity contribution is 5.53. The van der Waals surface area contributed by atoms with E-state index in [1.807, 2.05) is 6.92 Å². The van der Waals surface area contributed by atoms with Crippen LogP contribution >= 0.6 is 0 Å². The van der Waals surface area contributed by atoms with Crippen molar-refractivity contribution in [2.75, 3.05) is 0 Å². The van der Waals surface area contributed by atoms with Crippen molar-refractivity contribution >= 4 is 6.29 Å². The second-order valence-corrected chi connectivity index (χ2v) is 3.58. The highest BCUT2D eigenvalue weighted by atomic mass is 16.1. The molecule has 1 rings (SSSR count). The zero-order valence-electron chi connectivity index (χ0n) is 7.18. The summed E-state index contributed by atoms with van der Waals surface area (Å²) in [6.07, 6.45) is 5.67. The molecular formula is C10H16O. The van der Waals surface area contributed by atoms with E-state index in [9.17, 15) is 4.79 Å². The molecule has 1 nitrogen and oxygen atoms in total. The normalized spacial score (nSPS) is 23.2. The molecular weight excluding hydrogens is 136 g/mol. The first-order chi connectivity index (χ1) is 5.24. The lowest BCUT2D eigenvalue weighted by Crippen LogP contribution is -2.16. The van der Waals surface area contributed by atoms with Crippen LogP contribution in [0.2, 0.25) is 0 Å². The number of carbonyl (C=O) groups is 1. The highest BCUT2D eigenvalue weighted by Crippen LogP contribution is 2.31. The zero-order valence-corrected chi connectivity index (χ0v) is 7.18. The van der Waals surface area contributed by atoms with Crippen LogP contribution in [-0.2, 0) is 4.79 Å². The van der Waals surface area contributed by atoms with E-state index >= 15 is 0 Å². The molecule has 11 heavy (non-hydrogen) atoms. The van der Waals surface area contributed by atoms with Gasteiger partial charge in [0.2, 0.25) is 0 Å². The average molecular weight is 152 g/mol. The number of carbonyl (C=O) groups excluding carboxylic acids is 1. The van der Waals surface area contributed by atoms with E-state index < -0.39 is 0 Å². The summed E-state index contributed by atoms with van der Waals surface area (Å²) in [6.45, 7) is 5.97. The fourth-order valence-electron chi connectivity index (χ4n) is 1.69. The molecule has 0 aromatic rings. The summed E-state index contributed by atoms with van der Waals surface area (Å²) in [6, 6.07) is 0. The Kier molecular flexibility index (Phi) is 2.86. The first kappa shape index (κ1) is 8.51. The summed E-state index contributed by atoms with van der Waals surface area (Å²) in [7, 11) is 0. The van der Waals surface area contributed by atoms with Gasteiger partial charge in [0.15, 0.2) is 0 Å². The van der Waals surface area contributed by atoms with Crippen molar-refractivity contribution < 1.29 is 4.79 Å². The minimum absolute atomic E-state index is 0.253. The minimum atomic E-state index is 0.253. The molecule has 1 heteroatoms. The van der Waals surface area contributed by atoms with Gasteiger partial charge in [-0.2, -0.15) is 0 Å². The number of hydrogen-bond acceptors (Lipinski definition) is 1. The van der Waals surface area contributed by atoms with Gasteiger partial charge in [-0.05, 0) is 31.6 Å². The van der Waals surface area contributed by atoms with Gasteiger partial charge < -0.3 is 4.79 Å². The minimum Gasteiger partial charge on any atom is -0.303 e. The first-order valence-electron chi connectivity index (χ1n) is 4.36. The summed E-state index contributed by atoms with van der Waals surface area (Å²) < 4.78 is 0. The molecule has 0 aromatic heterocycles. The molecule has 1 atom stereocenters. The van der Waals surface area contributed by atoms with E-state index in [0.717, 1.165) is 19.1 Å². The van der Waals surface area contributed by atoms with Crippen molar-refractivity contribution in [1.29, 1.82) is 0 Å². The van der Waals surface area contributed by atoms with E-state index in [2.05, 4.69) is 6.58 Å². The van der Waals surface area contributed by atoms with Crippen LogP contribution in [0.15, 0.2) is 12.2 Å². The number of hydrogen-bond donors (Lipinski definition) is 0. The van der Waals surface area contributed by atoms with Crippen molar-refractivity contribution in [2.24, 2.45) is 11.8 Å². The van der Waals surface area contributed by atoms with Crippen LogP contribution in [0.4, 0.5) is 0 Å². The van der Waals surface area contributed by atoms with Gasteiger partial charge in [0.1, 0.15) is 6.29 Å². The third kappa shape index (κ3) is 2.18. The largest absolute Gasteiger partial charge is 0.303 e. The smallest absolute Gasteiger partial charge is 0.123 e. The number of allylic oxidation sites excluding steroid dienone is 1. The van der Waals surface area contributed by atoms with Crippen LogP contribution in [0, 0.1) is 11.8 Å². The fourth-order valence-corrected chi connectivity index (χ4v) is 1.69. The van der Waals surface area contributed by atoms with Gasteiger partial charge >= 0.3 is 0 Å². The maximum atomic E-state index is 10.5. The van der Waals surface area contributed by atoms with Crippen LogP contribution in [0.25, 0.3) is 0 Å². The Morgan fingerprint density at radius 2 is 2.09 bits per heavy atom. The van der Waals surface area contributed by atoms with Crippen LogP contribution in [0.1, 0.15) is 32.6 Å². The van der Waals surface area contributed by atoms with Crippen molar-refractivity contribution in [1.82, 2.24) is 0 Å². The summed E-state index contributed by atoms with van der Waals surface area (Å²) in [5.74, 6) is 0.876. The predicted octanol–water partition coefficient (Wildman–Crippen LogP) is 2.57. The molecule has 0 radical (unpaired) electrons. The Morgan fingerprint density at radius 3 is 2.55 bits per heavy atom. The number of aldehydes is 1. The van der Waals surface area contributed by atoms with E-state index in [0.29, 0.717) is 5.92 Å². The lowest BCUT2D eigenvalue weighted by Gasteiger charge is -2.25. The van der Waals surface area contributed by atoms with Crippen molar-refractivity contribution in [3.8, 4) is 0 Å². The Labute approximate surface area is 68.5 Å². The standard InChI is InChI=1S/C10H16O/c1-8-3-5-10(6-4-8)9(2)7-11/h7,9-10H,1,3-6H2,2H3. The Hall–Kier alpha value is -0.590. The van der Waals surface area contributed by atoms with E-state index in [1.54, 1.807) is 0 Å². The Morgan fingerprint density at radius 1 is 1.55 bits per heavy atom. The molecule has 1 fully saturated rings. The van der Waals surface area contributed by atoms with Gasteiger partial charge in [0.05, 0.1) is 0 Å². The second kappa shape index (κ2) is 3.70. The molecule has 62 valence electrons. The monoisotopic (exact) mass is 152 g/mol. The summed E-state index contributed by atoms with van der Waals surface area (Å²) in [5, 5.41) is 0. The predicted molar refractivity (Wildman–Crippen MR) is 46.3 cm³/mol.